The van der Waals surface area contributed by atoms with Crippen molar-refractivity contribution in [2.45, 2.75) is 34.1 Å². The van der Waals surface area contributed by atoms with Gasteiger partial charge in [0.2, 0.25) is 0 Å². The van der Waals surface area contributed by atoms with Crippen LogP contribution in [0.5, 0.6) is 0 Å². The molecule has 2 aliphatic carbocycles. The van der Waals surface area contributed by atoms with Gasteiger partial charge in [0.1, 0.15) is 5.42 Å². The summed E-state index contributed by atoms with van der Waals surface area (Å²) in [6.45, 7) is 8.00. The molecule has 3 rings (SSSR count). The van der Waals surface area contributed by atoms with Gasteiger partial charge in [-0.25, -0.2) is 0 Å². The third-order valence-electron chi connectivity index (χ3n) is 2.38. The molecule has 2 unspecified atom stereocenters. The van der Waals surface area contributed by atoms with E-state index in [1.165, 1.54) is 11.6 Å². The quantitative estimate of drug-likeness (QED) is 0.615. The highest BCUT2D eigenvalue weighted by molar-refractivity contribution is 5.47. The lowest BCUT2D eigenvalue weighted by Crippen LogP contribution is -2.22. The van der Waals surface area contributed by atoms with Crippen LogP contribution in [-0.4, -0.2) is 0 Å². The molecule has 1 heterocycles. The van der Waals surface area contributed by atoms with Gasteiger partial charge in [0.25, 0.3) is 0 Å². The standard InChI is InChI=1S/C9H8O.2C2H6/c1-2-10-9-5-8-4-7(8)3-6(1)9;2*1-2/h1-3,5,7-8H,4H2;2*1-2H3. The smallest absolute Gasteiger partial charge is 0.129 e. The van der Waals surface area contributed by atoms with Gasteiger partial charge in [0, 0.05) is 5.22 Å². The average Bonchev–Trinajstić information content (AvgIpc) is 2.87. The van der Waals surface area contributed by atoms with Crippen molar-refractivity contribution in [3.05, 3.63) is 23.0 Å². The van der Waals surface area contributed by atoms with Crippen LogP contribution in [0.25, 0.3) is 12.2 Å². The van der Waals surface area contributed by atoms with Crippen molar-refractivity contribution in [1.82, 2.24) is 0 Å². The predicted octanol–water partition coefficient (Wildman–Crippen LogP) is 2.54. The highest BCUT2D eigenvalue weighted by Crippen LogP contribution is 2.41. The second kappa shape index (κ2) is 5.04. The fourth-order valence-electron chi connectivity index (χ4n) is 1.65. The van der Waals surface area contributed by atoms with Crippen molar-refractivity contribution < 1.29 is 4.42 Å². The summed E-state index contributed by atoms with van der Waals surface area (Å²) < 4.78 is 5.27. The zero-order valence-electron chi connectivity index (χ0n) is 9.58. The van der Waals surface area contributed by atoms with E-state index < -0.39 is 0 Å². The van der Waals surface area contributed by atoms with Crippen LogP contribution in [0.3, 0.4) is 0 Å². The molecule has 1 aromatic rings. The van der Waals surface area contributed by atoms with E-state index in [-0.39, 0.29) is 0 Å². The molecule has 1 saturated carbocycles. The number of furan rings is 1. The Morgan fingerprint density at radius 2 is 1.71 bits per heavy atom. The van der Waals surface area contributed by atoms with Crippen LogP contribution in [0, 0.1) is 11.8 Å². The van der Waals surface area contributed by atoms with Crippen molar-refractivity contribution >= 4 is 12.2 Å². The summed E-state index contributed by atoms with van der Waals surface area (Å²) in [5.74, 6) is 1.64. The maximum atomic E-state index is 5.27. The Balaban J connectivity index is 0.000000222. The Bertz CT molecular complexity index is 338. The third-order valence-corrected chi connectivity index (χ3v) is 2.38. The van der Waals surface area contributed by atoms with Gasteiger partial charge in [-0.05, 0) is 30.4 Å². The number of rotatable bonds is 0. The largest absolute Gasteiger partial charge is 0.465 e. The summed E-state index contributed by atoms with van der Waals surface area (Å²) in [5.41, 5.74) is 1.08. The Morgan fingerprint density at radius 3 is 2.43 bits per heavy atom. The molecule has 0 bridgehead atoms. The van der Waals surface area contributed by atoms with E-state index in [9.17, 15) is 0 Å². The second-order valence-electron chi connectivity index (χ2n) is 3.14. The number of fused-ring (bicyclic) bond motifs is 2. The van der Waals surface area contributed by atoms with Crippen LogP contribution in [0.2, 0.25) is 0 Å². The summed E-state index contributed by atoms with van der Waals surface area (Å²) in [5, 5.41) is 1.29. The molecule has 0 N–H and O–H groups in total. The van der Waals surface area contributed by atoms with Crippen LogP contribution in [0.1, 0.15) is 34.1 Å². The third kappa shape index (κ3) is 2.09. The molecular formula is C13H20O. The predicted molar refractivity (Wildman–Crippen MR) is 61.2 cm³/mol. The van der Waals surface area contributed by atoms with Crippen LogP contribution in [-0.2, 0) is 0 Å². The molecule has 1 heteroatoms. The minimum absolute atomic E-state index is 0.804. The van der Waals surface area contributed by atoms with Gasteiger partial charge in [0.05, 0.1) is 6.26 Å². The molecule has 0 radical (unpaired) electrons. The molecule has 0 saturated heterocycles. The van der Waals surface area contributed by atoms with E-state index in [1.54, 1.807) is 6.26 Å². The summed E-state index contributed by atoms with van der Waals surface area (Å²) in [4.78, 5) is 0. The molecule has 0 aromatic carbocycles. The summed E-state index contributed by atoms with van der Waals surface area (Å²) in [6, 6.07) is 2.04. The Morgan fingerprint density at radius 1 is 1.07 bits per heavy atom. The maximum Gasteiger partial charge on any atom is 0.129 e. The summed E-state index contributed by atoms with van der Waals surface area (Å²) in [7, 11) is 0. The van der Waals surface area contributed by atoms with Gasteiger partial charge in [-0.3, -0.25) is 0 Å². The molecule has 1 nitrogen and oxygen atoms in total. The Labute approximate surface area is 86.1 Å². The number of hydrogen-bond acceptors (Lipinski definition) is 1. The zero-order chi connectivity index (χ0) is 10.6. The number of hydrogen-bond donors (Lipinski definition) is 0. The lowest BCUT2D eigenvalue weighted by Gasteiger charge is -1.89. The van der Waals surface area contributed by atoms with Crippen molar-refractivity contribution in [2.75, 3.05) is 0 Å². The normalized spacial score (nSPS) is 24.6. The maximum absolute atomic E-state index is 5.27. The van der Waals surface area contributed by atoms with Crippen molar-refractivity contribution in [3.8, 4) is 0 Å². The van der Waals surface area contributed by atoms with E-state index in [0.29, 0.717) is 0 Å². The molecule has 0 amide bonds. The molecule has 1 fully saturated rings. The average molecular weight is 192 g/mol. The molecule has 0 aliphatic heterocycles. The first-order valence-corrected chi connectivity index (χ1v) is 5.71. The first kappa shape index (κ1) is 11.1. The van der Waals surface area contributed by atoms with Crippen LogP contribution < -0.4 is 10.6 Å². The lowest BCUT2D eigenvalue weighted by molar-refractivity contribution is 0.527. The summed E-state index contributed by atoms with van der Waals surface area (Å²) >= 11 is 0. The van der Waals surface area contributed by atoms with Gasteiger partial charge in [0.15, 0.2) is 0 Å². The van der Waals surface area contributed by atoms with Crippen molar-refractivity contribution in [2.24, 2.45) is 11.8 Å². The van der Waals surface area contributed by atoms with E-state index in [4.69, 9.17) is 4.42 Å². The van der Waals surface area contributed by atoms with Gasteiger partial charge < -0.3 is 4.42 Å². The molecule has 0 spiro atoms. The van der Waals surface area contributed by atoms with Crippen LogP contribution in [0.15, 0.2) is 16.7 Å². The van der Waals surface area contributed by atoms with E-state index in [0.717, 1.165) is 17.3 Å². The fraction of sp³-hybridized carbons (Fsp3) is 0.538. The highest BCUT2D eigenvalue weighted by atomic mass is 16.3. The molecular weight excluding hydrogens is 172 g/mol. The first-order valence-electron chi connectivity index (χ1n) is 5.71. The van der Waals surface area contributed by atoms with E-state index >= 15 is 0 Å². The van der Waals surface area contributed by atoms with Crippen molar-refractivity contribution in [3.63, 3.8) is 0 Å². The van der Waals surface area contributed by atoms with Crippen molar-refractivity contribution in [1.29, 1.82) is 0 Å². The van der Waals surface area contributed by atoms with Gasteiger partial charge in [-0.1, -0.05) is 33.8 Å². The topological polar surface area (TPSA) is 13.1 Å². The van der Waals surface area contributed by atoms with Crippen LogP contribution >= 0.6 is 0 Å². The monoisotopic (exact) mass is 192 g/mol. The molecule has 2 aliphatic rings. The Hall–Kier alpha value is -0.980. The fourth-order valence-corrected chi connectivity index (χ4v) is 1.65. The Kier molecular flexibility index (Phi) is 3.99. The summed E-state index contributed by atoms with van der Waals surface area (Å²) in [6.07, 6.45) is 7.68. The minimum atomic E-state index is 0.804. The van der Waals surface area contributed by atoms with Gasteiger partial charge in [-0.15, -0.1) is 0 Å². The second-order valence-corrected chi connectivity index (χ2v) is 3.14. The van der Waals surface area contributed by atoms with E-state index in [1.807, 2.05) is 33.8 Å². The SMILES string of the molecule is C1=c2ccoc2=CC2CC12.CC.CC. The highest BCUT2D eigenvalue weighted by Gasteiger charge is 2.34. The first-order chi connectivity index (χ1) is 6.93. The van der Waals surface area contributed by atoms with Crippen LogP contribution in [0.4, 0.5) is 0 Å². The molecule has 2 atom stereocenters. The van der Waals surface area contributed by atoms with Gasteiger partial charge >= 0.3 is 0 Å². The molecule has 14 heavy (non-hydrogen) atoms. The van der Waals surface area contributed by atoms with Gasteiger partial charge in [-0.2, -0.15) is 0 Å². The van der Waals surface area contributed by atoms with E-state index in [2.05, 4.69) is 12.2 Å². The molecule has 78 valence electrons. The minimum Gasteiger partial charge on any atom is -0.465 e. The molecule has 1 aromatic heterocycles. The zero-order valence-corrected chi connectivity index (χ0v) is 9.58. The lowest BCUT2D eigenvalue weighted by atomic mass is 10.2.